The molecule has 17 heavy (non-hydrogen) atoms. The van der Waals surface area contributed by atoms with Gasteiger partial charge in [-0.1, -0.05) is 13.3 Å². The summed E-state index contributed by atoms with van der Waals surface area (Å²) in [6.07, 6.45) is -2.57. The summed E-state index contributed by atoms with van der Waals surface area (Å²) in [5, 5.41) is 0. The Morgan fingerprint density at radius 2 is 1.94 bits per heavy atom. The molecule has 1 aromatic rings. The van der Waals surface area contributed by atoms with Crippen molar-refractivity contribution < 1.29 is 13.2 Å². The van der Waals surface area contributed by atoms with Crippen molar-refractivity contribution in [3.8, 4) is 0 Å². The van der Waals surface area contributed by atoms with Crippen molar-refractivity contribution in [3.63, 3.8) is 0 Å². The van der Waals surface area contributed by atoms with Crippen LogP contribution in [-0.2, 0) is 6.18 Å². The third-order valence-corrected chi connectivity index (χ3v) is 2.58. The first-order valence-corrected chi connectivity index (χ1v) is 5.54. The average Bonchev–Trinajstić information content (AvgIpc) is 2.24. The number of nitrogen functional groups attached to an aromatic ring is 1. The van der Waals surface area contributed by atoms with Gasteiger partial charge in [0.05, 0.1) is 5.56 Å². The molecule has 0 heterocycles. The summed E-state index contributed by atoms with van der Waals surface area (Å²) in [4.78, 5) is 1.62. The minimum absolute atomic E-state index is 0.130. The molecule has 96 valence electrons. The van der Waals surface area contributed by atoms with Crippen molar-refractivity contribution >= 4 is 11.4 Å². The minimum atomic E-state index is -4.37. The molecule has 0 saturated heterocycles. The minimum Gasteiger partial charge on any atom is -0.399 e. The Morgan fingerprint density at radius 3 is 2.47 bits per heavy atom. The molecular formula is C12H17F3N2. The van der Waals surface area contributed by atoms with Gasteiger partial charge in [0.15, 0.2) is 0 Å². The molecule has 1 rings (SSSR count). The maximum Gasteiger partial charge on any atom is 0.418 e. The van der Waals surface area contributed by atoms with Gasteiger partial charge in [-0.15, -0.1) is 0 Å². The zero-order valence-corrected chi connectivity index (χ0v) is 10.0. The van der Waals surface area contributed by atoms with Crippen LogP contribution in [0.15, 0.2) is 18.2 Å². The van der Waals surface area contributed by atoms with Crippen LogP contribution in [0.1, 0.15) is 25.3 Å². The van der Waals surface area contributed by atoms with Gasteiger partial charge in [-0.3, -0.25) is 0 Å². The molecule has 0 bridgehead atoms. The molecule has 0 fully saturated rings. The average molecular weight is 246 g/mol. The fraction of sp³-hybridized carbons (Fsp3) is 0.500. The van der Waals surface area contributed by atoms with Crippen LogP contribution >= 0.6 is 0 Å². The largest absolute Gasteiger partial charge is 0.418 e. The molecule has 0 aliphatic heterocycles. The Balaban J connectivity index is 3.06. The van der Waals surface area contributed by atoms with E-state index < -0.39 is 11.7 Å². The molecule has 0 amide bonds. The second-order valence-electron chi connectivity index (χ2n) is 4.05. The van der Waals surface area contributed by atoms with E-state index in [1.54, 1.807) is 11.9 Å². The monoisotopic (exact) mass is 246 g/mol. The smallest absolute Gasteiger partial charge is 0.399 e. The summed E-state index contributed by atoms with van der Waals surface area (Å²) >= 11 is 0. The molecular weight excluding hydrogens is 229 g/mol. The van der Waals surface area contributed by atoms with E-state index in [9.17, 15) is 13.2 Å². The molecule has 0 aromatic heterocycles. The first-order chi connectivity index (χ1) is 7.86. The van der Waals surface area contributed by atoms with Gasteiger partial charge < -0.3 is 10.6 Å². The summed E-state index contributed by atoms with van der Waals surface area (Å²) in [5.41, 5.74) is 5.05. The second kappa shape index (κ2) is 5.29. The molecule has 2 nitrogen and oxygen atoms in total. The van der Waals surface area contributed by atoms with Gasteiger partial charge in [-0.25, -0.2) is 0 Å². The zero-order chi connectivity index (χ0) is 13.1. The highest BCUT2D eigenvalue weighted by Gasteiger charge is 2.34. The predicted octanol–water partition coefficient (Wildman–Crippen LogP) is 3.52. The molecule has 1 aromatic carbocycles. The van der Waals surface area contributed by atoms with Gasteiger partial charge in [0.2, 0.25) is 0 Å². The van der Waals surface area contributed by atoms with Crippen molar-refractivity contribution in [2.45, 2.75) is 25.9 Å². The van der Waals surface area contributed by atoms with Crippen LogP contribution in [0.5, 0.6) is 0 Å². The summed E-state index contributed by atoms with van der Waals surface area (Å²) in [6, 6.07) is 3.90. The topological polar surface area (TPSA) is 29.3 Å². The van der Waals surface area contributed by atoms with Gasteiger partial charge in [0, 0.05) is 25.0 Å². The number of halogens is 3. The molecule has 0 radical (unpaired) electrons. The number of hydrogen-bond acceptors (Lipinski definition) is 2. The van der Waals surface area contributed by atoms with Crippen LogP contribution < -0.4 is 10.6 Å². The molecule has 2 N–H and O–H groups in total. The highest BCUT2D eigenvalue weighted by Crippen LogP contribution is 2.37. The van der Waals surface area contributed by atoms with E-state index in [0.717, 1.165) is 18.9 Å². The number of nitrogens with zero attached hydrogens (tertiary/aromatic N) is 1. The maximum absolute atomic E-state index is 12.8. The van der Waals surface area contributed by atoms with Gasteiger partial charge in [-0.2, -0.15) is 13.2 Å². The molecule has 0 aliphatic rings. The molecule has 0 spiro atoms. The summed E-state index contributed by atoms with van der Waals surface area (Å²) in [7, 11) is 1.66. The molecule has 0 atom stereocenters. The van der Waals surface area contributed by atoms with E-state index in [2.05, 4.69) is 0 Å². The van der Waals surface area contributed by atoms with Crippen molar-refractivity contribution in [1.29, 1.82) is 0 Å². The first-order valence-electron chi connectivity index (χ1n) is 5.54. The normalized spacial score (nSPS) is 11.6. The Kier molecular flexibility index (Phi) is 4.26. The predicted molar refractivity (Wildman–Crippen MR) is 64.0 cm³/mol. The van der Waals surface area contributed by atoms with Crippen molar-refractivity contribution in [3.05, 3.63) is 23.8 Å². The Morgan fingerprint density at radius 1 is 1.29 bits per heavy atom. The molecule has 0 aliphatic carbocycles. The van der Waals surface area contributed by atoms with E-state index in [4.69, 9.17) is 5.73 Å². The van der Waals surface area contributed by atoms with Crippen LogP contribution in [-0.4, -0.2) is 13.6 Å². The van der Waals surface area contributed by atoms with E-state index in [1.807, 2.05) is 6.92 Å². The van der Waals surface area contributed by atoms with Gasteiger partial charge >= 0.3 is 6.18 Å². The number of anilines is 2. The lowest BCUT2D eigenvalue weighted by atomic mass is 10.1. The van der Waals surface area contributed by atoms with Crippen LogP contribution in [0, 0.1) is 0 Å². The van der Waals surface area contributed by atoms with Crippen molar-refractivity contribution in [2.24, 2.45) is 0 Å². The number of hydrogen-bond donors (Lipinski definition) is 1. The number of unbranched alkanes of at least 4 members (excludes halogenated alkanes) is 1. The number of nitrogens with two attached hydrogens (primary N) is 1. The van der Waals surface area contributed by atoms with Crippen LogP contribution in [0.3, 0.4) is 0 Å². The van der Waals surface area contributed by atoms with Gasteiger partial charge in [-0.05, 0) is 24.6 Å². The Labute approximate surface area is 99.2 Å². The van der Waals surface area contributed by atoms with Crippen molar-refractivity contribution in [2.75, 3.05) is 24.2 Å². The van der Waals surface area contributed by atoms with Crippen LogP contribution in [0.4, 0.5) is 24.5 Å². The highest BCUT2D eigenvalue weighted by atomic mass is 19.4. The van der Waals surface area contributed by atoms with E-state index in [-0.39, 0.29) is 11.4 Å². The number of rotatable bonds is 4. The van der Waals surface area contributed by atoms with Crippen molar-refractivity contribution in [1.82, 2.24) is 0 Å². The van der Waals surface area contributed by atoms with Gasteiger partial charge in [0.25, 0.3) is 0 Å². The van der Waals surface area contributed by atoms with Gasteiger partial charge in [0.1, 0.15) is 0 Å². The first kappa shape index (κ1) is 13.7. The Bertz CT molecular complexity index is 375. The molecule has 0 saturated carbocycles. The summed E-state index contributed by atoms with van der Waals surface area (Å²) in [6.45, 7) is 2.60. The number of benzene rings is 1. The third-order valence-electron chi connectivity index (χ3n) is 2.58. The quantitative estimate of drug-likeness (QED) is 0.823. The number of alkyl halides is 3. The fourth-order valence-electron chi connectivity index (χ4n) is 1.63. The zero-order valence-electron chi connectivity index (χ0n) is 10.0. The van der Waals surface area contributed by atoms with E-state index in [1.165, 1.54) is 12.1 Å². The van der Waals surface area contributed by atoms with E-state index >= 15 is 0 Å². The summed E-state index contributed by atoms with van der Waals surface area (Å²) in [5.74, 6) is 0. The second-order valence-corrected chi connectivity index (χ2v) is 4.05. The highest BCUT2D eigenvalue weighted by molar-refractivity contribution is 5.60. The van der Waals surface area contributed by atoms with Crippen LogP contribution in [0.25, 0.3) is 0 Å². The summed E-state index contributed by atoms with van der Waals surface area (Å²) < 4.78 is 38.5. The lowest BCUT2D eigenvalue weighted by Crippen LogP contribution is -2.22. The lowest BCUT2D eigenvalue weighted by molar-refractivity contribution is -0.137. The Hall–Kier alpha value is -1.39. The SMILES string of the molecule is CCCCN(C)c1ccc(N)cc1C(F)(F)F. The van der Waals surface area contributed by atoms with E-state index in [0.29, 0.717) is 6.54 Å². The molecule has 0 unspecified atom stereocenters. The standard InChI is InChI=1S/C12H17F3N2/c1-3-4-7-17(2)11-6-5-9(16)8-10(11)12(13,14)15/h5-6,8H,3-4,7,16H2,1-2H3. The lowest BCUT2D eigenvalue weighted by Gasteiger charge is -2.23. The maximum atomic E-state index is 12.8. The fourth-order valence-corrected chi connectivity index (χ4v) is 1.63. The third kappa shape index (κ3) is 3.54. The van der Waals surface area contributed by atoms with Crippen LogP contribution in [0.2, 0.25) is 0 Å². The molecule has 5 heteroatoms.